The zero-order chi connectivity index (χ0) is 3.58. The zero-order valence-corrected chi connectivity index (χ0v) is 6.82. The Bertz CT molecular complexity index is 41.5. The zero-order valence-electron chi connectivity index (χ0n) is 5.46. The SMILES string of the molecule is O=C([O-])[O-].[Al+3].[Ca+2].[H-].[H-].[OH-]. The van der Waals surface area contributed by atoms with Gasteiger partial charge in [0.15, 0.2) is 0 Å². The predicted molar refractivity (Wildman–Crippen MR) is 21.1 cm³/mol. The summed E-state index contributed by atoms with van der Waals surface area (Å²) in [4.78, 5) is 8.33. The largest absolute Gasteiger partial charge is 3.00 e. The molecule has 1 N–H and O–H groups in total. The van der Waals surface area contributed by atoms with Crippen LogP contribution in [0.1, 0.15) is 2.85 Å². The first-order valence-corrected chi connectivity index (χ1v) is 0.612. The van der Waals surface area contributed by atoms with E-state index in [1.165, 1.54) is 0 Å². The van der Waals surface area contributed by atoms with Crippen LogP contribution in [0.2, 0.25) is 0 Å². The number of rotatable bonds is 0. The number of hydrogen-bond acceptors (Lipinski definition) is 4. The molecule has 0 saturated heterocycles. The molecule has 0 bridgehead atoms. The van der Waals surface area contributed by atoms with Crippen molar-refractivity contribution in [2.24, 2.45) is 0 Å². The van der Waals surface area contributed by atoms with Crippen molar-refractivity contribution < 1.29 is 23.3 Å². The Kier molecular flexibility index (Phi) is 55.0. The first kappa shape index (κ1) is 24.5. The summed E-state index contributed by atoms with van der Waals surface area (Å²) in [7, 11) is 0. The van der Waals surface area contributed by atoms with Crippen LogP contribution in [0.3, 0.4) is 0 Å². The van der Waals surface area contributed by atoms with E-state index < -0.39 is 6.16 Å². The van der Waals surface area contributed by atoms with Crippen LogP contribution in [-0.2, 0) is 0 Å². The van der Waals surface area contributed by atoms with Crippen molar-refractivity contribution >= 4 is 61.3 Å². The van der Waals surface area contributed by atoms with Crippen molar-refractivity contribution in [3.63, 3.8) is 0 Å². The molecular formula is CH3AlCaO4. The Hall–Kier alpha value is 1.02. The Balaban J connectivity index is -0.00000000450. The summed E-state index contributed by atoms with van der Waals surface area (Å²) >= 11 is 0. The second kappa shape index (κ2) is 15.7. The van der Waals surface area contributed by atoms with Gasteiger partial charge in [-0.25, -0.2) is 0 Å². The molecule has 0 aromatic carbocycles. The van der Waals surface area contributed by atoms with E-state index in [2.05, 4.69) is 0 Å². The number of carboxylic acid groups (broad SMARTS) is 2. The van der Waals surface area contributed by atoms with E-state index in [9.17, 15) is 0 Å². The normalized spacial score (nSPS) is 3.43. The average molecular weight is 146 g/mol. The Morgan fingerprint density at radius 3 is 1.43 bits per heavy atom. The van der Waals surface area contributed by atoms with Crippen LogP contribution in [0.25, 0.3) is 0 Å². The molecule has 7 heavy (non-hydrogen) atoms. The third-order valence-corrected chi connectivity index (χ3v) is 0. The Labute approximate surface area is 83.9 Å². The third kappa shape index (κ3) is 170. The molecule has 0 aliphatic heterocycles. The molecule has 4 nitrogen and oxygen atoms in total. The third-order valence-electron chi connectivity index (χ3n) is 0. The van der Waals surface area contributed by atoms with E-state index in [0.29, 0.717) is 0 Å². The maximum absolute atomic E-state index is 8.33. The van der Waals surface area contributed by atoms with E-state index in [0.717, 1.165) is 0 Å². The molecule has 0 amide bonds. The minimum Gasteiger partial charge on any atom is -1.00 e. The van der Waals surface area contributed by atoms with Crippen molar-refractivity contribution in [1.82, 2.24) is 0 Å². The van der Waals surface area contributed by atoms with Crippen LogP contribution in [0.4, 0.5) is 4.79 Å². The van der Waals surface area contributed by atoms with Crippen LogP contribution >= 0.6 is 0 Å². The molecule has 0 atom stereocenters. The van der Waals surface area contributed by atoms with Gasteiger partial charge in [0.1, 0.15) is 0 Å². The minimum atomic E-state index is -2.33. The second-order valence-electron chi connectivity index (χ2n) is 0.250. The van der Waals surface area contributed by atoms with Crippen molar-refractivity contribution in [1.29, 1.82) is 0 Å². The molecular weight excluding hydrogens is 143 g/mol. The van der Waals surface area contributed by atoms with E-state index in [1.807, 2.05) is 0 Å². The van der Waals surface area contributed by atoms with Crippen LogP contribution in [0.5, 0.6) is 0 Å². The fraction of sp³-hybridized carbons (Fsp3) is 0. The van der Waals surface area contributed by atoms with Gasteiger partial charge in [0.2, 0.25) is 0 Å². The van der Waals surface area contributed by atoms with Crippen LogP contribution in [0.15, 0.2) is 0 Å². The summed E-state index contributed by atoms with van der Waals surface area (Å²) in [6.45, 7) is 0. The molecule has 0 heterocycles. The van der Waals surface area contributed by atoms with E-state index in [-0.39, 0.29) is 63.4 Å². The molecule has 0 fully saturated rings. The summed E-state index contributed by atoms with van der Waals surface area (Å²) in [5.41, 5.74) is 0. The van der Waals surface area contributed by atoms with Crippen molar-refractivity contribution in [2.75, 3.05) is 0 Å². The molecule has 0 saturated carbocycles. The fourth-order valence-corrected chi connectivity index (χ4v) is 0. The summed E-state index contributed by atoms with van der Waals surface area (Å²) < 4.78 is 0. The fourth-order valence-electron chi connectivity index (χ4n) is 0. The molecule has 0 unspecified atom stereocenters. The van der Waals surface area contributed by atoms with E-state index in [4.69, 9.17) is 15.0 Å². The van der Waals surface area contributed by atoms with Gasteiger partial charge in [-0.15, -0.1) is 0 Å². The van der Waals surface area contributed by atoms with Gasteiger partial charge in [-0.05, 0) is 6.16 Å². The van der Waals surface area contributed by atoms with Gasteiger partial charge in [-0.2, -0.15) is 0 Å². The molecule has 0 aromatic rings. The first-order valence-electron chi connectivity index (χ1n) is 0.612. The molecule has 0 aliphatic carbocycles. The maximum Gasteiger partial charge on any atom is 3.00 e. The quantitative estimate of drug-likeness (QED) is 0.337. The van der Waals surface area contributed by atoms with Gasteiger partial charge in [0.05, 0.1) is 0 Å². The molecule has 0 aliphatic rings. The molecule has 36 valence electrons. The smallest absolute Gasteiger partial charge is 1.00 e. The maximum atomic E-state index is 8.33. The molecule has 0 rings (SSSR count). The molecule has 0 spiro atoms. The van der Waals surface area contributed by atoms with Crippen LogP contribution in [0, 0.1) is 0 Å². The van der Waals surface area contributed by atoms with Gasteiger partial charge < -0.3 is 23.3 Å². The van der Waals surface area contributed by atoms with Gasteiger partial charge in [-0.3, -0.25) is 0 Å². The van der Waals surface area contributed by atoms with Crippen molar-refractivity contribution in [2.45, 2.75) is 0 Å². The van der Waals surface area contributed by atoms with Gasteiger partial charge in [-0.1, -0.05) is 0 Å². The van der Waals surface area contributed by atoms with Gasteiger partial charge in [0.25, 0.3) is 0 Å². The van der Waals surface area contributed by atoms with E-state index in [1.54, 1.807) is 0 Å². The predicted octanol–water partition coefficient (Wildman–Crippen LogP) is -3.16. The van der Waals surface area contributed by atoms with Crippen molar-refractivity contribution in [3.05, 3.63) is 0 Å². The number of hydrogen-bond donors (Lipinski definition) is 0. The summed E-state index contributed by atoms with van der Waals surface area (Å²) in [5, 5.41) is 16.7. The van der Waals surface area contributed by atoms with Gasteiger partial charge in [0, 0.05) is 0 Å². The monoisotopic (exact) mass is 146 g/mol. The number of carbonyl (C=O) groups is 1. The van der Waals surface area contributed by atoms with Crippen LogP contribution < -0.4 is 10.2 Å². The average Bonchev–Trinajstić information content (AvgIpc) is 0.811. The Morgan fingerprint density at radius 1 is 1.43 bits per heavy atom. The number of carbonyl (C=O) groups excluding carboxylic acids is 1. The molecule has 0 radical (unpaired) electrons. The summed E-state index contributed by atoms with van der Waals surface area (Å²) in [5.74, 6) is 0. The molecule has 0 aromatic heterocycles. The summed E-state index contributed by atoms with van der Waals surface area (Å²) in [6, 6.07) is 0. The van der Waals surface area contributed by atoms with E-state index >= 15 is 0 Å². The Morgan fingerprint density at radius 2 is 1.43 bits per heavy atom. The topological polar surface area (TPSA) is 93.2 Å². The standard InChI is InChI=1S/CH2O3.Al.Ca.H2O.2H/c2-1(3)4;;;;;/h(H2,2,3,4);;;1H2;;/q;+3;+2;;2*-1/p-3. The van der Waals surface area contributed by atoms with Crippen molar-refractivity contribution in [3.8, 4) is 0 Å². The second-order valence-corrected chi connectivity index (χ2v) is 0.250. The van der Waals surface area contributed by atoms with Gasteiger partial charge >= 0.3 is 55.1 Å². The first-order chi connectivity index (χ1) is 1.73. The molecule has 6 heteroatoms. The minimum absolute atomic E-state index is 0. The summed E-state index contributed by atoms with van der Waals surface area (Å²) in [6.07, 6.45) is -2.33. The van der Waals surface area contributed by atoms with Crippen LogP contribution in [-0.4, -0.2) is 66.7 Å².